The number of aryl methyl sites for hydroxylation is 1. The maximum Gasteiger partial charge on any atom is 0.373 e. The van der Waals surface area contributed by atoms with Crippen molar-refractivity contribution in [1.29, 1.82) is 0 Å². The number of ether oxygens (including phenoxy) is 2. The molecule has 1 rings (SSSR count). The number of carbonyl (C=O) groups is 1. The van der Waals surface area contributed by atoms with Crippen molar-refractivity contribution in [2.75, 3.05) is 6.61 Å². The minimum atomic E-state index is -0.439. The highest BCUT2D eigenvalue weighted by Gasteiger charge is 2.11. The van der Waals surface area contributed by atoms with Gasteiger partial charge in [0.15, 0.2) is 0 Å². The molecule has 0 aliphatic carbocycles. The summed E-state index contributed by atoms with van der Waals surface area (Å²) in [5.74, 6) is 0.406. The molecule has 0 heterocycles. The van der Waals surface area contributed by atoms with Crippen molar-refractivity contribution in [2.45, 2.75) is 20.8 Å². The Morgan fingerprint density at radius 3 is 2.44 bits per heavy atom. The van der Waals surface area contributed by atoms with Crippen LogP contribution in [0.2, 0.25) is 0 Å². The molecule has 0 unspecified atom stereocenters. The molecule has 1 aromatic rings. The average molecular weight is 220 g/mol. The third kappa shape index (κ3) is 3.42. The van der Waals surface area contributed by atoms with Crippen LogP contribution in [0.4, 0.5) is 0 Å². The van der Waals surface area contributed by atoms with E-state index in [4.69, 9.17) is 9.47 Å². The molecule has 0 aromatic heterocycles. The van der Waals surface area contributed by atoms with E-state index < -0.39 is 5.97 Å². The van der Waals surface area contributed by atoms with Gasteiger partial charge in [-0.05, 0) is 39.0 Å². The summed E-state index contributed by atoms with van der Waals surface area (Å²) in [6.45, 7) is 5.83. The first-order valence-corrected chi connectivity index (χ1v) is 5.25. The van der Waals surface area contributed by atoms with Crippen molar-refractivity contribution in [1.82, 2.24) is 0 Å². The molecule has 0 aliphatic heterocycles. The van der Waals surface area contributed by atoms with Gasteiger partial charge in [-0.1, -0.05) is 17.7 Å². The summed E-state index contributed by atoms with van der Waals surface area (Å²) in [6, 6.07) is 7.48. The predicted molar refractivity (Wildman–Crippen MR) is 62.2 cm³/mol. The lowest BCUT2D eigenvalue weighted by atomic mass is 10.2. The Kier molecular flexibility index (Phi) is 4.58. The number of esters is 1. The van der Waals surface area contributed by atoms with Gasteiger partial charge in [0, 0.05) is 0 Å². The first kappa shape index (κ1) is 12.3. The molecule has 1 aromatic carbocycles. The first-order valence-electron chi connectivity index (χ1n) is 5.25. The Morgan fingerprint density at radius 2 is 1.94 bits per heavy atom. The summed E-state index contributed by atoms with van der Waals surface area (Å²) in [5.41, 5.74) is 1.14. The van der Waals surface area contributed by atoms with E-state index in [-0.39, 0.29) is 5.76 Å². The molecule has 0 atom stereocenters. The lowest BCUT2D eigenvalue weighted by Gasteiger charge is -2.08. The van der Waals surface area contributed by atoms with Gasteiger partial charge in [-0.2, -0.15) is 0 Å². The lowest BCUT2D eigenvalue weighted by molar-refractivity contribution is -0.141. The highest BCUT2D eigenvalue weighted by atomic mass is 16.6. The van der Waals surface area contributed by atoms with Crippen LogP contribution in [-0.2, 0) is 9.53 Å². The number of benzene rings is 1. The summed E-state index contributed by atoms with van der Waals surface area (Å²) < 4.78 is 10.3. The second-order valence-corrected chi connectivity index (χ2v) is 3.29. The van der Waals surface area contributed by atoms with Crippen LogP contribution in [0.1, 0.15) is 19.4 Å². The summed E-state index contributed by atoms with van der Waals surface area (Å²) in [4.78, 5) is 11.4. The van der Waals surface area contributed by atoms with Crippen LogP contribution < -0.4 is 4.74 Å². The van der Waals surface area contributed by atoms with Crippen LogP contribution in [0, 0.1) is 6.92 Å². The minimum Gasteiger partial charge on any atom is -0.460 e. The van der Waals surface area contributed by atoms with E-state index >= 15 is 0 Å². The molecule has 0 saturated carbocycles. The Morgan fingerprint density at radius 1 is 1.31 bits per heavy atom. The largest absolute Gasteiger partial charge is 0.460 e. The van der Waals surface area contributed by atoms with E-state index in [1.54, 1.807) is 19.9 Å². The topological polar surface area (TPSA) is 35.5 Å². The molecule has 0 radical (unpaired) electrons. The van der Waals surface area contributed by atoms with E-state index in [2.05, 4.69) is 0 Å². The van der Waals surface area contributed by atoms with Crippen LogP contribution in [0.3, 0.4) is 0 Å². The smallest absolute Gasteiger partial charge is 0.373 e. The zero-order valence-electron chi connectivity index (χ0n) is 9.82. The van der Waals surface area contributed by atoms with Crippen molar-refractivity contribution < 1.29 is 14.3 Å². The SMILES string of the molecule is C/C=C(\Oc1ccc(C)cc1)C(=O)OCC. The first-order chi connectivity index (χ1) is 7.67. The van der Waals surface area contributed by atoms with Crippen molar-refractivity contribution in [3.63, 3.8) is 0 Å². The van der Waals surface area contributed by atoms with Gasteiger partial charge in [0.1, 0.15) is 5.75 Å². The van der Waals surface area contributed by atoms with Crippen LogP contribution in [0.15, 0.2) is 36.1 Å². The fraction of sp³-hybridized carbons (Fsp3) is 0.308. The highest BCUT2D eigenvalue weighted by molar-refractivity contribution is 5.86. The third-order valence-corrected chi connectivity index (χ3v) is 1.99. The molecule has 0 fully saturated rings. The van der Waals surface area contributed by atoms with Gasteiger partial charge in [0.05, 0.1) is 6.61 Å². The van der Waals surface area contributed by atoms with Crippen LogP contribution in [-0.4, -0.2) is 12.6 Å². The Labute approximate surface area is 95.7 Å². The molecule has 16 heavy (non-hydrogen) atoms. The van der Waals surface area contributed by atoms with Gasteiger partial charge < -0.3 is 9.47 Å². The van der Waals surface area contributed by atoms with E-state index in [9.17, 15) is 4.79 Å². The van der Waals surface area contributed by atoms with Crippen molar-refractivity contribution in [3.05, 3.63) is 41.7 Å². The highest BCUT2D eigenvalue weighted by Crippen LogP contribution is 2.15. The van der Waals surface area contributed by atoms with Crippen molar-refractivity contribution >= 4 is 5.97 Å². The average Bonchev–Trinajstić information content (AvgIpc) is 2.28. The van der Waals surface area contributed by atoms with Crippen molar-refractivity contribution in [2.24, 2.45) is 0 Å². The second-order valence-electron chi connectivity index (χ2n) is 3.29. The van der Waals surface area contributed by atoms with Gasteiger partial charge in [-0.25, -0.2) is 4.79 Å². The normalized spacial score (nSPS) is 11.1. The maximum atomic E-state index is 11.4. The fourth-order valence-electron chi connectivity index (χ4n) is 1.15. The monoisotopic (exact) mass is 220 g/mol. The van der Waals surface area contributed by atoms with Gasteiger partial charge in [-0.15, -0.1) is 0 Å². The molecule has 0 aliphatic rings. The molecule has 0 amide bonds. The van der Waals surface area contributed by atoms with Gasteiger partial charge in [0.2, 0.25) is 5.76 Å². The molecule has 86 valence electrons. The van der Waals surface area contributed by atoms with Gasteiger partial charge in [0.25, 0.3) is 0 Å². The zero-order chi connectivity index (χ0) is 12.0. The minimum absolute atomic E-state index is 0.214. The maximum absolute atomic E-state index is 11.4. The molecule has 0 saturated heterocycles. The zero-order valence-corrected chi connectivity index (χ0v) is 9.82. The number of hydrogen-bond acceptors (Lipinski definition) is 3. The number of rotatable bonds is 4. The van der Waals surface area contributed by atoms with E-state index in [0.717, 1.165) is 5.56 Å². The molecule has 3 heteroatoms. The van der Waals surface area contributed by atoms with Gasteiger partial charge >= 0.3 is 5.97 Å². The predicted octanol–water partition coefficient (Wildman–Crippen LogP) is 2.84. The molecule has 0 spiro atoms. The van der Waals surface area contributed by atoms with Crippen molar-refractivity contribution in [3.8, 4) is 5.75 Å². The van der Waals surface area contributed by atoms with Crippen LogP contribution >= 0.6 is 0 Å². The molecule has 0 bridgehead atoms. The van der Waals surface area contributed by atoms with Crippen LogP contribution in [0.25, 0.3) is 0 Å². The number of carbonyl (C=O) groups excluding carboxylic acids is 1. The summed E-state index contributed by atoms with van der Waals surface area (Å²) >= 11 is 0. The number of hydrogen-bond donors (Lipinski definition) is 0. The second kappa shape index (κ2) is 5.95. The molecular formula is C13H16O3. The molecule has 3 nitrogen and oxygen atoms in total. The lowest BCUT2D eigenvalue weighted by Crippen LogP contribution is -2.12. The molecule has 0 N–H and O–H groups in total. The van der Waals surface area contributed by atoms with Crippen LogP contribution in [0.5, 0.6) is 5.75 Å². The summed E-state index contributed by atoms with van der Waals surface area (Å²) in [7, 11) is 0. The molecular weight excluding hydrogens is 204 g/mol. The summed E-state index contributed by atoms with van der Waals surface area (Å²) in [5, 5.41) is 0. The quantitative estimate of drug-likeness (QED) is 0.444. The third-order valence-electron chi connectivity index (χ3n) is 1.99. The Balaban J connectivity index is 2.71. The van der Waals surface area contributed by atoms with E-state index in [0.29, 0.717) is 12.4 Å². The van der Waals surface area contributed by atoms with Gasteiger partial charge in [-0.3, -0.25) is 0 Å². The van der Waals surface area contributed by atoms with E-state index in [1.165, 1.54) is 0 Å². The standard InChI is InChI=1S/C13H16O3/c1-4-12(13(14)15-5-2)16-11-8-6-10(3)7-9-11/h4,6-9H,5H2,1-3H3/b12-4-. The number of allylic oxidation sites excluding steroid dienone is 1. The van der Waals surface area contributed by atoms with E-state index in [1.807, 2.05) is 31.2 Å². The fourth-order valence-corrected chi connectivity index (χ4v) is 1.15. The summed E-state index contributed by atoms with van der Waals surface area (Å²) in [6.07, 6.45) is 1.60. The Hall–Kier alpha value is -1.77. The Bertz CT molecular complexity index is 377.